The highest BCUT2D eigenvalue weighted by Gasteiger charge is 2.33. The first kappa shape index (κ1) is 16.3. The Hall–Kier alpha value is -1.12. The van der Waals surface area contributed by atoms with E-state index in [-0.39, 0.29) is 24.3 Å². The Bertz CT molecular complexity index is 699. The summed E-state index contributed by atoms with van der Waals surface area (Å²) in [5, 5.41) is -0.649. The van der Waals surface area contributed by atoms with Gasteiger partial charge in [0.25, 0.3) is 0 Å². The highest BCUT2D eigenvalue weighted by atomic mass is 32.2. The zero-order chi connectivity index (χ0) is 15.7. The van der Waals surface area contributed by atoms with Crippen molar-refractivity contribution < 1.29 is 16.8 Å². The fourth-order valence-corrected chi connectivity index (χ4v) is 5.89. The summed E-state index contributed by atoms with van der Waals surface area (Å²) in [5.41, 5.74) is 7.04. The Morgan fingerprint density at radius 1 is 1.29 bits per heavy atom. The zero-order valence-electron chi connectivity index (χ0n) is 11.8. The maximum Gasteiger partial charge on any atom is 0.215 e. The summed E-state index contributed by atoms with van der Waals surface area (Å²) in [5.74, 6) is -0.128. The minimum atomic E-state index is -3.55. The van der Waals surface area contributed by atoms with Gasteiger partial charge in [-0.15, -0.1) is 0 Å². The number of sulfonamides is 1. The van der Waals surface area contributed by atoms with Crippen LogP contribution in [0.2, 0.25) is 0 Å². The van der Waals surface area contributed by atoms with Gasteiger partial charge in [0, 0.05) is 11.7 Å². The standard InChI is InChI=1S/C13H20N2O4S2/c1-10(11-3-2-4-12(14)9-11)15-21(18,19)13-5-7-20(16,17)8-6-13/h2-4,9-10,13,15H,5-8,14H2,1H3. The van der Waals surface area contributed by atoms with Crippen LogP contribution in [-0.2, 0) is 19.9 Å². The second-order valence-corrected chi connectivity index (χ2v) is 9.70. The first-order valence-electron chi connectivity index (χ1n) is 6.77. The Balaban J connectivity index is 2.07. The molecule has 1 atom stereocenters. The monoisotopic (exact) mass is 332 g/mol. The van der Waals surface area contributed by atoms with Gasteiger partial charge in [-0.3, -0.25) is 0 Å². The molecule has 1 heterocycles. The molecule has 2 rings (SSSR count). The summed E-state index contributed by atoms with van der Waals surface area (Å²) in [6, 6.07) is 6.62. The van der Waals surface area contributed by atoms with E-state index in [1.807, 2.05) is 0 Å². The molecule has 8 heteroatoms. The third-order valence-electron chi connectivity index (χ3n) is 3.69. The van der Waals surface area contributed by atoms with Gasteiger partial charge in [0.15, 0.2) is 0 Å². The predicted molar refractivity (Wildman–Crippen MR) is 83.0 cm³/mol. The molecule has 1 aliphatic heterocycles. The predicted octanol–water partition coefficient (Wildman–Crippen LogP) is 0.826. The molecule has 3 N–H and O–H groups in total. The molecule has 0 aliphatic carbocycles. The highest BCUT2D eigenvalue weighted by Crippen LogP contribution is 2.22. The summed E-state index contributed by atoms with van der Waals surface area (Å²) >= 11 is 0. The summed E-state index contributed by atoms with van der Waals surface area (Å²) in [6.07, 6.45) is 0.308. The van der Waals surface area contributed by atoms with Gasteiger partial charge in [-0.2, -0.15) is 0 Å². The number of hydrogen-bond donors (Lipinski definition) is 2. The van der Waals surface area contributed by atoms with E-state index in [1.165, 1.54) is 0 Å². The number of rotatable bonds is 4. The molecule has 0 aromatic heterocycles. The van der Waals surface area contributed by atoms with Crippen LogP contribution in [0.1, 0.15) is 31.4 Å². The van der Waals surface area contributed by atoms with E-state index in [1.54, 1.807) is 31.2 Å². The lowest BCUT2D eigenvalue weighted by molar-refractivity contribution is 0.533. The Morgan fingerprint density at radius 2 is 1.90 bits per heavy atom. The first-order valence-corrected chi connectivity index (χ1v) is 10.1. The first-order chi connectivity index (χ1) is 9.70. The molecule has 1 fully saturated rings. The Morgan fingerprint density at radius 3 is 2.48 bits per heavy atom. The quantitative estimate of drug-likeness (QED) is 0.794. The molecule has 0 radical (unpaired) electrons. The van der Waals surface area contributed by atoms with Gasteiger partial charge in [-0.25, -0.2) is 21.6 Å². The molecule has 0 spiro atoms. The van der Waals surface area contributed by atoms with E-state index in [0.29, 0.717) is 5.69 Å². The maximum atomic E-state index is 12.3. The molecule has 1 aliphatic rings. The van der Waals surface area contributed by atoms with Crippen LogP contribution < -0.4 is 10.5 Å². The van der Waals surface area contributed by atoms with Crippen molar-refractivity contribution in [1.29, 1.82) is 0 Å². The number of benzene rings is 1. The summed E-state index contributed by atoms with van der Waals surface area (Å²) in [6.45, 7) is 1.74. The van der Waals surface area contributed by atoms with Gasteiger partial charge < -0.3 is 5.73 Å². The van der Waals surface area contributed by atoms with Crippen molar-refractivity contribution >= 4 is 25.5 Å². The molecule has 21 heavy (non-hydrogen) atoms. The van der Waals surface area contributed by atoms with Crippen LogP contribution >= 0.6 is 0 Å². The van der Waals surface area contributed by atoms with Gasteiger partial charge in [0.05, 0.1) is 16.8 Å². The lowest BCUT2D eigenvalue weighted by Gasteiger charge is -2.24. The molecule has 0 bridgehead atoms. The number of hydrogen-bond acceptors (Lipinski definition) is 5. The topological polar surface area (TPSA) is 106 Å². The fraction of sp³-hybridized carbons (Fsp3) is 0.538. The number of anilines is 1. The molecule has 1 aromatic carbocycles. The van der Waals surface area contributed by atoms with E-state index in [9.17, 15) is 16.8 Å². The average Bonchev–Trinajstić information content (AvgIpc) is 2.37. The van der Waals surface area contributed by atoms with Gasteiger partial charge >= 0.3 is 0 Å². The molecule has 1 saturated heterocycles. The average molecular weight is 332 g/mol. The van der Waals surface area contributed by atoms with Crippen molar-refractivity contribution in [3.63, 3.8) is 0 Å². The Kier molecular flexibility index (Phi) is 4.60. The number of nitrogen functional groups attached to an aromatic ring is 1. The van der Waals surface area contributed by atoms with Crippen LogP contribution in [0.5, 0.6) is 0 Å². The minimum Gasteiger partial charge on any atom is -0.399 e. The number of nitrogens with two attached hydrogens (primary N) is 1. The summed E-state index contributed by atoms with van der Waals surface area (Å²) in [7, 11) is -6.62. The molecule has 0 saturated carbocycles. The van der Waals surface area contributed by atoms with Crippen LogP contribution in [0, 0.1) is 0 Å². The molecule has 6 nitrogen and oxygen atoms in total. The second kappa shape index (κ2) is 5.94. The van der Waals surface area contributed by atoms with Crippen molar-refractivity contribution in [3.05, 3.63) is 29.8 Å². The largest absolute Gasteiger partial charge is 0.399 e. The van der Waals surface area contributed by atoms with Crippen molar-refractivity contribution in [2.24, 2.45) is 0 Å². The van der Waals surface area contributed by atoms with E-state index >= 15 is 0 Å². The summed E-state index contributed by atoms with van der Waals surface area (Å²) < 4.78 is 50.0. The van der Waals surface area contributed by atoms with Gasteiger partial charge in [0.1, 0.15) is 9.84 Å². The molecule has 0 amide bonds. The van der Waals surface area contributed by atoms with Crippen molar-refractivity contribution in [3.8, 4) is 0 Å². The van der Waals surface area contributed by atoms with E-state index in [2.05, 4.69) is 4.72 Å². The zero-order valence-corrected chi connectivity index (χ0v) is 13.5. The minimum absolute atomic E-state index is 0.0642. The van der Waals surface area contributed by atoms with Crippen LogP contribution in [0.4, 0.5) is 5.69 Å². The van der Waals surface area contributed by atoms with Crippen LogP contribution in [-0.4, -0.2) is 33.6 Å². The molecule has 1 aromatic rings. The van der Waals surface area contributed by atoms with E-state index in [4.69, 9.17) is 5.73 Å². The molecular weight excluding hydrogens is 312 g/mol. The number of nitrogens with one attached hydrogen (secondary N) is 1. The SMILES string of the molecule is CC(NS(=O)(=O)C1CCS(=O)(=O)CC1)c1cccc(N)c1. The van der Waals surface area contributed by atoms with Gasteiger partial charge in [0.2, 0.25) is 10.0 Å². The lowest BCUT2D eigenvalue weighted by atomic mass is 10.1. The van der Waals surface area contributed by atoms with Crippen molar-refractivity contribution in [2.75, 3.05) is 17.2 Å². The van der Waals surface area contributed by atoms with Crippen LogP contribution in [0.25, 0.3) is 0 Å². The summed E-state index contributed by atoms with van der Waals surface area (Å²) in [4.78, 5) is 0. The second-order valence-electron chi connectivity index (χ2n) is 5.41. The van der Waals surface area contributed by atoms with E-state index < -0.39 is 31.2 Å². The number of sulfone groups is 1. The fourth-order valence-electron chi connectivity index (χ4n) is 2.42. The van der Waals surface area contributed by atoms with Crippen molar-refractivity contribution in [1.82, 2.24) is 4.72 Å². The highest BCUT2D eigenvalue weighted by molar-refractivity contribution is 7.92. The van der Waals surface area contributed by atoms with Gasteiger partial charge in [-0.1, -0.05) is 12.1 Å². The van der Waals surface area contributed by atoms with E-state index in [0.717, 1.165) is 5.56 Å². The normalized spacial score (nSPS) is 21.0. The third-order valence-corrected chi connectivity index (χ3v) is 7.44. The smallest absolute Gasteiger partial charge is 0.215 e. The van der Waals surface area contributed by atoms with Crippen LogP contribution in [0.3, 0.4) is 0 Å². The molecule has 118 valence electrons. The molecular formula is C13H20N2O4S2. The third kappa shape index (κ3) is 4.18. The maximum absolute atomic E-state index is 12.3. The lowest BCUT2D eigenvalue weighted by Crippen LogP contribution is -2.40. The van der Waals surface area contributed by atoms with Crippen molar-refractivity contribution in [2.45, 2.75) is 31.1 Å². The molecule has 1 unspecified atom stereocenters. The Labute approximate surface area is 125 Å². The van der Waals surface area contributed by atoms with Gasteiger partial charge in [-0.05, 0) is 37.5 Å². The van der Waals surface area contributed by atoms with Crippen LogP contribution in [0.15, 0.2) is 24.3 Å².